The molecule has 0 unspecified atom stereocenters. The Balaban J connectivity index is 1.46. The Bertz CT molecular complexity index is 1680. The fourth-order valence-electron chi connectivity index (χ4n) is 5.28. The van der Waals surface area contributed by atoms with Gasteiger partial charge in [0, 0.05) is 17.5 Å². The number of hydrogen-bond acceptors (Lipinski definition) is 6. The molecular formula is C33H33FN4O4S. The highest BCUT2D eigenvalue weighted by atomic mass is 32.2. The van der Waals surface area contributed by atoms with Crippen molar-refractivity contribution in [1.82, 2.24) is 15.1 Å². The van der Waals surface area contributed by atoms with Crippen molar-refractivity contribution in [2.45, 2.75) is 44.9 Å². The van der Waals surface area contributed by atoms with Gasteiger partial charge < -0.3 is 14.8 Å². The first-order valence-corrected chi connectivity index (χ1v) is 15.2. The minimum absolute atomic E-state index is 0.163. The molecule has 0 saturated heterocycles. The Morgan fingerprint density at radius 2 is 1.77 bits per heavy atom. The molecule has 0 saturated carbocycles. The molecule has 1 N–H and O–H groups in total. The molecule has 4 aromatic rings. The summed E-state index contributed by atoms with van der Waals surface area (Å²) in [4.78, 5) is 28.8. The monoisotopic (exact) mass is 600 g/mol. The summed E-state index contributed by atoms with van der Waals surface area (Å²) in [6, 6.07) is 19.8. The third kappa shape index (κ3) is 5.84. The number of hydrogen-bond donors (Lipinski definition) is 1. The summed E-state index contributed by atoms with van der Waals surface area (Å²) in [6.45, 7) is 8.51. The number of aryl methyl sites for hydroxylation is 1. The van der Waals surface area contributed by atoms with Crippen molar-refractivity contribution in [2.24, 2.45) is 0 Å². The Labute approximate surface area is 254 Å². The number of benzene rings is 3. The van der Waals surface area contributed by atoms with E-state index in [4.69, 9.17) is 14.6 Å². The van der Waals surface area contributed by atoms with Crippen LogP contribution in [0.25, 0.3) is 5.69 Å². The van der Waals surface area contributed by atoms with Gasteiger partial charge in [0.1, 0.15) is 18.2 Å². The molecule has 2 amide bonds. The molecule has 0 fully saturated rings. The summed E-state index contributed by atoms with van der Waals surface area (Å²) in [7, 11) is 0. The summed E-state index contributed by atoms with van der Waals surface area (Å²) in [6.07, 6.45) is 0. The predicted molar refractivity (Wildman–Crippen MR) is 164 cm³/mol. The van der Waals surface area contributed by atoms with Gasteiger partial charge in [-0.1, -0.05) is 56.7 Å². The fourth-order valence-corrected chi connectivity index (χ4v) is 6.47. The molecule has 222 valence electrons. The largest absolute Gasteiger partial charge is 0.454 e. The van der Waals surface area contributed by atoms with Gasteiger partial charge in [-0.2, -0.15) is 5.10 Å². The molecule has 3 heterocycles. The number of rotatable bonds is 6. The molecule has 0 aliphatic carbocycles. The van der Waals surface area contributed by atoms with E-state index in [1.54, 1.807) is 21.7 Å². The molecule has 1 aromatic heterocycles. The molecule has 1 atom stereocenters. The zero-order valence-corrected chi connectivity index (χ0v) is 25.3. The van der Waals surface area contributed by atoms with E-state index >= 15 is 0 Å². The Kier molecular flexibility index (Phi) is 7.64. The van der Waals surface area contributed by atoms with E-state index in [-0.39, 0.29) is 53.9 Å². The second-order valence-electron chi connectivity index (χ2n) is 11.8. The summed E-state index contributed by atoms with van der Waals surface area (Å²) in [5.41, 5.74) is 4.95. The lowest BCUT2D eigenvalue weighted by Crippen LogP contribution is -2.42. The van der Waals surface area contributed by atoms with Crippen LogP contribution in [0.2, 0.25) is 0 Å². The number of fused-ring (bicyclic) bond motifs is 2. The summed E-state index contributed by atoms with van der Waals surface area (Å²) in [5, 5.41) is 7.77. The number of nitrogens with zero attached hydrogens (tertiary/aromatic N) is 3. The van der Waals surface area contributed by atoms with Crippen LogP contribution in [0.1, 0.15) is 54.0 Å². The fraction of sp³-hybridized carbons (Fsp3) is 0.303. The highest BCUT2D eigenvalue weighted by Gasteiger charge is 2.40. The normalized spacial score (nSPS) is 16.2. The highest BCUT2D eigenvalue weighted by molar-refractivity contribution is 8.00. The number of anilines is 1. The average Bonchev–Trinajstić information content (AvgIpc) is 3.58. The summed E-state index contributed by atoms with van der Waals surface area (Å²) >= 11 is 1.51. The minimum atomic E-state index is -0.376. The van der Waals surface area contributed by atoms with Crippen LogP contribution in [-0.2, 0) is 21.5 Å². The summed E-state index contributed by atoms with van der Waals surface area (Å²) < 4.78 is 26.4. The SMILES string of the molecule is Cc1ccc(-n2nc(C(C)(C)C)c3c2N(CC(=O)NCc2ccc(F)cc2)C(=O)CS[C@@H]3c2ccc3c(c2)OCO3)cc1. The smallest absolute Gasteiger partial charge is 0.240 e. The Hall–Kier alpha value is -4.31. The minimum Gasteiger partial charge on any atom is -0.454 e. The number of ether oxygens (including phenoxy) is 2. The molecule has 43 heavy (non-hydrogen) atoms. The lowest BCUT2D eigenvalue weighted by atomic mass is 9.87. The van der Waals surface area contributed by atoms with E-state index < -0.39 is 0 Å². The van der Waals surface area contributed by atoms with Gasteiger partial charge in [0.2, 0.25) is 18.6 Å². The van der Waals surface area contributed by atoms with Crippen LogP contribution in [-0.4, -0.2) is 40.7 Å². The van der Waals surface area contributed by atoms with Gasteiger partial charge in [0.05, 0.1) is 22.4 Å². The molecule has 3 aromatic carbocycles. The zero-order chi connectivity index (χ0) is 30.3. The maximum atomic E-state index is 13.9. The van der Waals surface area contributed by atoms with E-state index in [2.05, 4.69) is 26.1 Å². The van der Waals surface area contributed by atoms with E-state index in [1.807, 2.05) is 49.4 Å². The van der Waals surface area contributed by atoms with Crippen LogP contribution in [0, 0.1) is 12.7 Å². The molecule has 0 bridgehead atoms. The standard InChI is InChI=1S/C33H33FN4O4S/c1-20-5-12-24(13-6-20)38-32-29(31(36-38)33(2,3)4)30(22-9-14-25-26(15-22)42-19-41-25)43-18-28(40)37(32)17-27(39)35-16-21-7-10-23(34)11-8-21/h5-15,30H,16-19H2,1-4H3,(H,35,39)/t30-/m1/s1. The summed E-state index contributed by atoms with van der Waals surface area (Å²) in [5.74, 6) is 1.22. The number of thioether (sulfide) groups is 1. The van der Waals surface area contributed by atoms with Crippen LogP contribution in [0.3, 0.4) is 0 Å². The van der Waals surface area contributed by atoms with Gasteiger partial charge in [-0.25, -0.2) is 9.07 Å². The zero-order valence-electron chi connectivity index (χ0n) is 24.5. The van der Waals surface area contributed by atoms with Crippen molar-refractivity contribution in [3.63, 3.8) is 0 Å². The van der Waals surface area contributed by atoms with Crippen molar-refractivity contribution in [2.75, 3.05) is 24.0 Å². The first-order chi connectivity index (χ1) is 20.6. The van der Waals surface area contributed by atoms with Crippen LogP contribution in [0.5, 0.6) is 11.5 Å². The first-order valence-electron chi connectivity index (χ1n) is 14.1. The highest BCUT2D eigenvalue weighted by Crippen LogP contribution is 2.49. The molecular weight excluding hydrogens is 567 g/mol. The van der Waals surface area contributed by atoms with Gasteiger partial charge >= 0.3 is 0 Å². The lowest BCUT2D eigenvalue weighted by molar-refractivity contribution is -0.123. The maximum absolute atomic E-state index is 13.9. The number of carbonyl (C=O) groups excluding carboxylic acids is 2. The number of aromatic nitrogens is 2. The third-order valence-corrected chi connectivity index (χ3v) is 8.74. The van der Waals surface area contributed by atoms with Crippen molar-refractivity contribution in [3.8, 4) is 17.2 Å². The number of nitrogens with one attached hydrogen (secondary N) is 1. The number of carbonyl (C=O) groups is 2. The van der Waals surface area contributed by atoms with Crippen LogP contribution in [0.15, 0.2) is 66.7 Å². The molecule has 0 radical (unpaired) electrons. The van der Waals surface area contributed by atoms with Crippen molar-refractivity contribution >= 4 is 29.4 Å². The van der Waals surface area contributed by atoms with E-state index in [1.165, 1.54) is 23.9 Å². The maximum Gasteiger partial charge on any atom is 0.240 e. The Morgan fingerprint density at radius 3 is 2.49 bits per heavy atom. The average molecular weight is 601 g/mol. The second kappa shape index (κ2) is 11.4. The van der Waals surface area contributed by atoms with Gasteiger partial charge in [0.15, 0.2) is 11.5 Å². The third-order valence-electron chi connectivity index (χ3n) is 7.48. The van der Waals surface area contributed by atoms with Gasteiger partial charge in [-0.3, -0.25) is 14.5 Å². The van der Waals surface area contributed by atoms with Crippen LogP contribution >= 0.6 is 11.8 Å². The van der Waals surface area contributed by atoms with Crippen LogP contribution in [0.4, 0.5) is 10.2 Å². The van der Waals surface area contributed by atoms with Gasteiger partial charge in [-0.05, 0) is 54.4 Å². The lowest BCUT2D eigenvalue weighted by Gasteiger charge is -2.24. The number of halogens is 1. The quantitative estimate of drug-likeness (QED) is 0.300. The molecule has 8 nitrogen and oxygen atoms in total. The number of amides is 2. The topological polar surface area (TPSA) is 85.7 Å². The van der Waals surface area contributed by atoms with Gasteiger partial charge in [-0.15, -0.1) is 11.8 Å². The molecule has 2 aliphatic heterocycles. The van der Waals surface area contributed by atoms with Crippen molar-refractivity contribution < 1.29 is 23.5 Å². The van der Waals surface area contributed by atoms with E-state index in [9.17, 15) is 14.0 Å². The molecule has 10 heteroatoms. The van der Waals surface area contributed by atoms with Crippen LogP contribution < -0.4 is 19.7 Å². The molecule has 6 rings (SSSR count). The van der Waals surface area contributed by atoms with E-state index in [0.717, 1.165) is 33.6 Å². The second-order valence-corrected chi connectivity index (χ2v) is 12.9. The van der Waals surface area contributed by atoms with Crippen molar-refractivity contribution in [3.05, 3.63) is 100 Å². The van der Waals surface area contributed by atoms with E-state index in [0.29, 0.717) is 17.3 Å². The van der Waals surface area contributed by atoms with Crippen molar-refractivity contribution in [1.29, 1.82) is 0 Å². The molecule has 0 spiro atoms. The molecule has 2 aliphatic rings. The van der Waals surface area contributed by atoms with Gasteiger partial charge in [0.25, 0.3) is 0 Å². The predicted octanol–water partition coefficient (Wildman–Crippen LogP) is 5.83. The first kappa shape index (κ1) is 28.8. The Morgan fingerprint density at radius 1 is 1.05 bits per heavy atom.